The van der Waals surface area contributed by atoms with Crippen LogP contribution in [0.5, 0.6) is 0 Å². The van der Waals surface area contributed by atoms with Crippen molar-refractivity contribution in [2.75, 3.05) is 0 Å². The lowest BCUT2D eigenvalue weighted by molar-refractivity contribution is -0.109. The number of nitrogens with zero attached hydrogens (tertiary/aromatic N) is 1. The van der Waals surface area contributed by atoms with E-state index in [-0.39, 0.29) is 6.04 Å². The van der Waals surface area contributed by atoms with Gasteiger partial charge >= 0.3 is 0 Å². The number of hydrogen-bond acceptors (Lipinski definition) is 3. The van der Waals surface area contributed by atoms with Crippen LogP contribution in [-0.2, 0) is 17.8 Å². The summed E-state index contributed by atoms with van der Waals surface area (Å²) in [6.45, 7) is 0.721. The molecule has 0 amide bonds. The third kappa shape index (κ3) is 1.05. The van der Waals surface area contributed by atoms with Crippen LogP contribution in [0.15, 0.2) is 6.33 Å². The topological polar surface area (TPSA) is 57.8 Å². The summed E-state index contributed by atoms with van der Waals surface area (Å²) in [5.41, 5.74) is 2.11. The number of aldehydes is 1. The maximum Gasteiger partial charge on any atom is 0.137 e. The summed E-state index contributed by atoms with van der Waals surface area (Å²) in [6, 6.07) is -0.0502. The van der Waals surface area contributed by atoms with Gasteiger partial charge in [0.1, 0.15) is 6.29 Å². The van der Waals surface area contributed by atoms with Crippen molar-refractivity contribution >= 4 is 6.29 Å². The summed E-state index contributed by atoms with van der Waals surface area (Å²) in [5.74, 6) is 0. The largest absolute Gasteiger partial charge is 0.347 e. The van der Waals surface area contributed by atoms with Crippen LogP contribution in [0.3, 0.4) is 0 Å². The van der Waals surface area contributed by atoms with Gasteiger partial charge in [0.05, 0.1) is 23.8 Å². The van der Waals surface area contributed by atoms with E-state index in [4.69, 9.17) is 0 Å². The maximum absolute atomic E-state index is 10.4. The third-order valence-corrected chi connectivity index (χ3v) is 1.93. The van der Waals surface area contributed by atoms with E-state index in [0.29, 0.717) is 6.42 Å². The molecule has 11 heavy (non-hydrogen) atoms. The van der Waals surface area contributed by atoms with Crippen molar-refractivity contribution in [3.05, 3.63) is 17.7 Å². The van der Waals surface area contributed by atoms with Crippen LogP contribution in [0.2, 0.25) is 0 Å². The van der Waals surface area contributed by atoms with E-state index in [0.717, 1.165) is 24.2 Å². The second-order valence-electron chi connectivity index (χ2n) is 2.66. The van der Waals surface area contributed by atoms with Crippen LogP contribution < -0.4 is 5.32 Å². The quantitative estimate of drug-likeness (QED) is 0.538. The minimum atomic E-state index is -0.0502. The molecule has 0 radical (unpaired) electrons. The SMILES string of the molecule is O=CC1Cc2nc[nH]c2CN1. The number of rotatable bonds is 1. The van der Waals surface area contributed by atoms with Crippen molar-refractivity contribution in [1.29, 1.82) is 0 Å². The summed E-state index contributed by atoms with van der Waals surface area (Å²) in [4.78, 5) is 17.5. The normalized spacial score (nSPS) is 22.7. The molecule has 0 saturated heterocycles. The van der Waals surface area contributed by atoms with E-state index in [2.05, 4.69) is 15.3 Å². The molecule has 1 aromatic rings. The molecule has 0 saturated carbocycles. The monoisotopic (exact) mass is 151 g/mol. The molecule has 0 spiro atoms. The van der Waals surface area contributed by atoms with Gasteiger partial charge < -0.3 is 15.1 Å². The van der Waals surface area contributed by atoms with Gasteiger partial charge in [-0.25, -0.2) is 4.98 Å². The highest BCUT2D eigenvalue weighted by atomic mass is 16.1. The van der Waals surface area contributed by atoms with Gasteiger partial charge in [-0.15, -0.1) is 0 Å². The Morgan fingerprint density at radius 2 is 2.64 bits per heavy atom. The fraction of sp³-hybridized carbons (Fsp3) is 0.429. The molecule has 0 aromatic carbocycles. The van der Waals surface area contributed by atoms with E-state index in [9.17, 15) is 4.79 Å². The predicted molar refractivity (Wildman–Crippen MR) is 39.0 cm³/mol. The Bertz CT molecular complexity index is 268. The van der Waals surface area contributed by atoms with E-state index >= 15 is 0 Å². The van der Waals surface area contributed by atoms with E-state index < -0.39 is 0 Å². The fourth-order valence-electron chi connectivity index (χ4n) is 1.29. The number of hydrogen-bond donors (Lipinski definition) is 2. The van der Waals surface area contributed by atoms with Crippen LogP contribution in [0.1, 0.15) is 11.4 Å². The average Bonchev–Trinajstić information content (AvgIpc) is 2.50. The molecular weight excluding hydrogens is 142 g/mol. The zero-order valence-corrected chi connectivity index (χ0v) is 6.00. The average molecular weight is 151 g/mol. The van der Waals surface area contributed by atoms with Crippen molar-refractivity contribution in [3.8, 4) is 0 Å². The summed E-state index contributed by atoms with van der Waals surface area (Å²) < 4.78 is 0. The second kappa shape index (κ2) is 2.47. The highest BCUT2D eigenvalue weighted by Gasteiger charge is 2.18. The molecular formula is C7H9N3O. The number of carbonyl (C=O) groups is 1. The number of fused-ring (bicyclic) bond motifs is 1. The van der Waals surface area contributed by atoms with Crippen LogP contribution >= 0.6 is 0 Å². The maximum atomic E-state index is 10.4. The molecule has 1 aliphatic heterocycles. The van der Waals surface area contributed by atoms with Crippen LogP contribution in [0.4, 0.5) is 0 Å². The smallest absolute Gasteiger partial charge is 0.137 e. The van der Waals surface area contributed by atoms with Crippen molar-refractivity contribution in [3.63, 3.8) is 0 Å². The molecule has 1 aromatic heterocycles. The first-order chi connectivity index (χ1) is 5.40. The van der Waals surface area contributed by atoms with Crippen molar-refractivity contribution in [1.82, 2.24) is 15.3 Å². The minimum absolute atomic E-state index is 0.0502. The first-order valence-electron chi connectivity index (χ1n) is 3.60. The van der Waals surface area contributed by atoms with Gasteiger partial charge in [0.2, 0.25) is 0 Å². The minimum Gasteiger partial charge on any atom is -0.347 e. The van der Waals surface area contributed by atoms with Gasteiger partial charge in [-0.05, 0) is 0 Å². The molecule has 2 rings (SSSR count). The first-order valence-corrected chi connectivity index (χ1v) is 3.60. The number of imidazole rings is 1. The molecule has 4 nitrogen and oxygen atoms in total. The molecule has 2 heterocycles. The summed E-state index contributed by atoms with van der Waals surface area (Å²) in [6.07, 6.45) is 3.31. The lowest BCUT2D eigenvalue weighted by Crippen LogP contribution is -2.36. The standard InChI is InChI=1S/C7H9N3O/c11-3-5-1-6-7(2-8-5)10-4-9-6/h3-5,8H,1-2H2,(H,9,10). The molecule has 0 bridgehead atoms. The molecule has 0 aliphatic carbocycles. The van der Waals surface area contributed by atoms with Gasteiger partial charge in [-0.2, -0.15) is 0 Å². The third-order valence-electron chi connectivity index (χ3n) is 1.93. The van der Waals surface area contributed by atoms with Gasteiger partial charge in [0.15, 0.2) is 0 Å². The Hall–Kier alpha value is -1.16. The Morgan fingerprint density at radius 1 is 1.73 bits per heavy atom. The molecule has 1 atom stereocenters. The van der Waals surface area contributed by atoms with Crippen molar-refractivity contribution in [2.45, 2.75) is 19.0 Å². The van der Waals surface area contributed by atoms with E-state index in [1.807, 2.05) is 0 Å². The van der Waals surface area contributed by atoms with E-state index in [1.165, 1.54) is 0 Å². The Morgan fingerprint density at radius 3 is 3.45 bits per heavy atom. The Labute approximate surface area is 64.0 Å². The molecule has 1 aliphatic rings. The number of H-pyrrole nitrogens is 1. The highest BCUT2D eigenvalue weighted by molar-refractivity contribution is 5.58. The molecule has 58 valence electrons. The van der Waals surface area contributed by atoms with Gasteiger partial charge in [0, 0.05) is 13.0 Å². The molecule has 2 N–H and O–H groups in total. The van der Waals surface area contributed by atoms with E-state index in [1.54, 1.807) is 6.33 Å². The lowest BCUT2D eigenvalue weighted by atomic mass is 10.1. The molecule has 1 unspecified atom stereocenters. The van der Waals surface area contributed by atoms with Crippen LogP contribution in [-0.4, -0.2) is 22.3 Å². The number of aromatic nitrogens is 2. The van der Waals surface area contributed by atoms with Crippen molar-refractivity contribution in [2.24, 2.45) is 0 Å². The number of carbonyl (C=O) groups excluding carboxylic acids is 1. The van der Waals surface area contributed by atoms with Gasteiger partial charge in [0.25, 0.3) is 0 Å². The zero-order chi connectivity index (χ0) is 7.68. The highest BCUT2D eigenvalue weighted by Crippen LogP contribution is 2.10. The predicted octanol–water partition coefficient (Wildman–Crippen LogP) is -0.377. The summed E-state index contributed by atoms with van der Waals surface area (Å²) in [5, 5.41) is 3.07. The number of nitrogens with one attached hydrogen (secondary N) is 2. The van der Waals surface area contributed by atoms with Gasteiger partial charge in [-0.1, -0.05) is 0 Å². The zero-order valence-electron chi connectivity index (χ0n) is 6.00. The van der Waals surface area contributed by atoms with Gasteiger partial charge in [-0.3, -0.25) is 0 Å². The number of aromatic amines is 1. The van der Waals surface area contributed by atoms with Crippen LogP contribution in [0, 0.1) is 0 Å². The second-order valence-corrected chi connectivity index (χ2v) is 2.66. The summed E-state index contributed by atoms with van der Waals surface area (Å²) in [7, 11) is 0. The Balaban J connectivity index is 2.24. The van der Waals surface area contributed by atoms with Crippen LogP contribution in [0.25, 0.3) is 0 Å². The van der Waals surface area contributed by atoms with Crippen molar-refractivity contribution < 1.29 is 4.79 Å². The summed E-state index contributed by atoms with van der Waals surface area (Å²) >= 11 is 0. The molecule has 4 heteroatoms. The molecule has 0 fully saturated rings. The Kier molecular flexibility index (Phi) is 1.47. The lowest BCUT2D eigenvalue weighted by Gasteiger charge is -2.17. The fourth-order valence-corrected chi connectivity index (χ4v) is 1.29. The first kappa shape index (κ1) is 6.54.